The van der Waals surface area contributed by atoms with Gasteiger partial charge in [0.05, 0.1) is 6.61 Å². The van der Waals surface area contributed by atoms with Crippen LogP contribution in [0.3, 0.4) is 0 Å². The van der Waals surface area contributed by atoms with Crippen molar-refractivity contribution >= 4 is 25.5 Å². The standard InChI is InChI=1S/C43H75O9P/c1-3-5-7-8-9-10-11-12-13-14-15-16-19-23-26-29-33-37-43(46)52-41(39-51-53(47,48)49)38-50-42(45)36-32-28-25-22-20-17-18-21-24-27-31-35-40(44)34-30-6-4-2/h17-18,22,24-25,27,31,35,41H,3-16,19-21,23,26,28-30,32-34,36-39H2,1-2H3,(H2,47,48,49)/b18-17-,25-22-,27-24-,35-31+/t41-/m1/s1. The fourth-order valence-corrected chi connectivity index (χ4v) is 6.03. The molecule has 0 saturated heterocycles. The van der Waals surface area contributed by atoms with E-state index in [1.807, 2.05) is 24.3 Å². The van der Waals surface area contributed by atoms with Gasteiger partial charge in [0, 0.05) is 19.3 Å². The predicted octanol–water partition coefficient (Wildman–Crippen LogP) is 11.9. The molecule has 0 radical (unpaired) electrons. The lowest BCUT2D eigenvalue weighted by Crippen LogP contribution is -2.29. The third-order valence-electron chi connectivity index (χ3n) is 8.83. The van der Waals surface area contributed by atoms with Gasteiger partial charge in [0.25, 0.3) is 0 Å². The van der Waals surface area contributed by atoms with Gasteiger partial charge in [-0.15, -0.1) is 0 Å². The number of hydrogen-bond donors (Lipinski definition) is 2. The van der Waals surface area contributed by atoms with Gasteiger partial charge in [-0.25, -0.2) is 4.57 Å². The second-order valence-corrected chi connectivity index (χ2v) is 15.2. The second-order valence-electron chi connectivity index (χ2n) is 14.0. The molecule has 0 unspecified atom stereocenters. The highest BCUT2D eigenvalue weighted by Gasteiger charge is 2.22. The first-order chi connectivity index (χ1) is 25.7. The van der Waals surface area contributed by atoms with Crippen LogP contribution in [0.5, 0.6) is 0 Å². The van der Waals surface area contributed by atoms with E-state index in [9.17, 15) is 18.9 Å². The Kier molecular flexibility index (Phi) is 36.3. The van der Waals surface area contributed by atoms with Crippen molar-refractivity contribution in [2.45, 2.75) is 193 Å². The molecule has 0 aromatic rings. The average Bonchev–Trinajstić information content (AvgIpc) is 3.12. The molecule has 0 bridgehead atoms. The topological polar surface area (TPSA) is 136 Å². The first-order valence-electron chi connectivity index (χ1n) is 20.9. The van der Waals surface area contributed by atoms with Crippen LogP contribution in [0.15, 0.2) is 48.6 Å². The lowest BCUT2D eigenvalue weighted by molar-refractivity contribution is -0.161. The van der Waals surface area contributed by atoms with E-state index in [1.165, 1.54) is 83.5 Å². The third kappa shape index (κ3) is 40.7. The molecular weight excluding hydrogens is 691 g/mol. The lowest BCUT2D eigenvalue weighted by atomic mass is 10.0. The molecule has 0 aromatic carbocycles. The number of ether oxygens (including phenoxy) is 2. The fraction of sp³-hybridized carbons (Fsp3) is 0.744. The Bertz CT molecular complexity index is 1060. The lowest BCUT2D eigenvalue weighted by Gasteiger charge is -2.18. The van der Waals surface area contributed by atoms with Gasteiger partial charge in [-0.2, -0.15) is 0 Å². The van der Waals surface area contributed by atoms with Crippen LogP contribution in [-0.2, 0) is 32.9 Å². The Morgan fingerprint density at radius 1 is 0.547 bits per heavy atom. The highest BCUT2D eigenvalue weighted by atomic mass is 31.2. The van der Waals surface area contributed by atoms with Crippen molar-refractivity contribution in [1.29, 1.82) is 0 Å². The van der Waals surface area contributed by atoms with Crippen molar-refractivity contribution < 1.29 is 42.7 Å². The summed E-state index contributed by atoms with van der Waals surface area (Å²) in [6, 6.07) is 0. The van der Waals surface area contributed by atoms with E-state index in [-0.39, 0.29) is 25.2 Å². The van der Waals surface area contributed by atoms with Crippen molar-refractivity contribution in [3.63, 3.8) is 0 Å². The number of rotatable bonds is 38. The molecule has 0 aliphatic rings. The van der Waals surface area contributed by atoms with Gasteiger partial charge in [0.2, 0.25) is 0 Å². The number of esters is 2. The van der Waals surface area contributed by atoms with Crippen LogP contribution in [0.25, 0.3) is 0 Å². The molecule has 0 fully saturated rings. The molecule has 9 nitrogen and oxygen atoms in total. The second kappa shape index (κ2) is 38.0. The zero-order valence-corrected chi connectivity index (χ0v) is 34.3. The molecule has 0 amide bonds. The SMILES string of the molecule is CCCCCCCCCCCCCCCCCCCC(=O)O[C@H](COC(=O)CCC/C=C\C/C=C\C/C=C\C=C\C(=O)CCCCC)COP(=O)(O)O. The van der Waals surface area contributed by atoms with E-state index in [0.717, 1.165) is 51.4 Å². The number of allylic oxidation sites excluding steroid dienone is 8. The zero-order valence-electron chi connectivity index (χ0n) is 33.4. The minimum atomic E-state index is -4.78. The number of phosphoric ester groups is 1. The van der Waals surface area contributed by atoms with Crippen LogP contribution in [-0.4, -0.2) is 46.8 Å². The first-order valence-corrected chi connectivity index (χ1v) is 22.4. The van der Waals surface area contributed by atoms with Crippen molar-refractivity contribution in [3.05, 3.63) is 48.6 Å². The molecule has 53 heavy (non-hydrogen) atoms. The van der Waals surface area contributed by atoms with E-state index >= 15 is 0 Å². The van der Waals surface area contributed by atoms with Crippen LogP contribution in [0, 0.1) is 0 Å². The van der Waals surface area contributed by atoms with E-state index < -0.39 is 32.5 Å². The summed E-state index contributed by atoms with van der Waals surface area (Å²) in [4.78, 5) is 54.5. The van der Waals surface area contributed by atoms with Gasteiger partial charge < -0.3 is 19.3 Å². The Morgan fingerprint density at radius 3 is 1.58 bits per heavy atom. The molecule has 10 heteroatoms. The number of ketones is 1. The van der Waals surface area contributed by atoms with E-state index in [1.54, 1.807) is 12.2 Å². The molecule has 306 valence electrons. The molecule has 2 N–H and O–H groups in total. The fourth-order valence-electron chi connectivity index (χ4n) is 5.67. The number of carbonyl (C=O) groups is 3. The monoisotopic (exact) mass is 767 g/mol. The van der Waals surface area contributed by atoms with Crippen LogP contribution >= 0.6 is 7.82 Å². The highest BCUT2D eigenvalue weighted by Crippen LogP contribution is 2.36. The molecule has 0 aromatic heterocycles. The molecular formula is C43H75O9P. The van der Waals surface area contributed by atoms with E-state index in [2.05, 4.69) is 30.5 Å². The zero-order chi connectivity index (χ0) is 39.1. The maximum atomic E-state index is 12.4. The van der Waals surface area contributed by atoms with Crippen molar-refractivity contribution in [2.24, 2.45) is 0 Å². The summed E-state index contributed by atoms with van der Waals surface area (Å²) in [5.41, 5.74) is 0. The maximum Gasteiger partial charge on any atom is 0.469 e. The summed E-state index contributed by atoms with van der Waals surface area (Å²) >= 11 is 0. The molecule has 0 aliphatic carbocycles. The number of unbranched alkanes of at least 4 members (excludes halogenated alkanes) is 19. The minimum Gasteiger partial charge on any atom is -0.462 e. The quantitative estimate of drug-likeness (QED) is 0.0157. The molecule has 0 rings (SSSR count). The number of carbonyl (C=O) groups excluding carboxylic acids is 3. The van der Waals surface area contributed by atoms with Crippen LogP contribution in [0.4, 0.5) is 0 Å². The van der Waals surface area contributed by atoms with Crippen LogP contribution < -0.4 is 0 Å². The normalized spacial score (nSPS) is 12.8. The van der Waals surface area contributed by atoms with Gasteiger partial charge in [-0.3, -0.25) is 18.9 Å². The largest absolute Gasteiger partial charge is 0.469 e. The van der Waals surface area contributed by atoms with E-state index in [0.29, 0.717) is 25.7 Å². The molecule has 0 saturated carbocycles. The van der Waals surface area contributed by atoms with Crippen LogP contribution in [0.2, 0.25) is 0 Å². The molecule has 0 aliphatic heterocycles. The Morgan fingerprint density at radius 2 is 1.02 bits per heavy atom. The van der Waals surface area contributed by atoms with Gasteiger partial charge in [-0.1, -0.05) is 172 Å². The van der Waals surface area contributed by atoms with E-state index in [4.69, 9.17) is 19.3 Å². The first kappa shape index (κ1) is 50.7. The van der Waals surface area contributed by atoms with Crippen molar-refractivity contribution in [2.75, 3.05) is 13.2 Å². The summed E-state index contributed by atoms with van der Waals surface area (Å²) in [7, 11) is -4.78. The maximum absolute atomic E-state index is 12.4. The van der Waals surface area contributed by atoms with Gasteiger partial charge in [0.15, 0.2) is 11.9 Å². The molecule has 0 spiro atoms. The Hall–Kier alpha value is -2.32. The van der Waals surface area contributed by atoms with Gasteiger partial charge in [-0.05, 0) is 44.6 Å². The van der Waals surface area contributed by atoms with Crippen LogP contribution in [0.1, 0.15) is 187 Å². The highest BCUT2D eigenvalue weighted by molar-refractivity contribution is 7.46. The minimum absolute atomic E-state index is 0.166. The average molecular weight is 767 g/mol. The van der Waals surface area contributed by atoms with Crippen molar-refractivity contribution in [3.8, 4) is 0 Å². The summed E-state index contributed by atoms with van der Waals surface area (Å²) in [5.74, 6) is -0.814. The summed E-state index contributed by atoms with van der Waals surface area (Å²) in [5, 5.41) is 0. The Balaban J connectivity index is 4.04. The summed E-state index contributed by atoms with van der Waals surface area (Å²) < 4.78 is 26.3. The summed E-state index contributed by atoms with van der Waals surface area (Å²) in [6.07, 6.45) is 42.5. The van der Waals surface area contributed by atoms with Gasteiger partial charge >= 0.3 is 19.8 Å². The number of phosphoric acid groups is 1. The van der Waals surface area contributed by atoms with Gasteiger partial charge in [0.1, 0.15) is 6.61 Å². The summed E-state index contributed by atoms with van der Waals surface area (Å²) in [6.45, 7) is 3.48. The predicted molar refractivity (Wildman–Crippen MR) is 216 cm³/mol. The molecule has 1 atom stereocenters. The van der Waals surface area contributed by atoms with Crippen molar-refractivity contribution in [1.82, 2.24) is 0 Å². The third-order valence-corrected chi connectivity index (χ3v) is 9.31. The number of hydrogen-bond acceptors (Lipinski definition) is 7. The Labute approximate surface area is 322 Å². The molecule has 0 heterocycles. The smallest absolute Gasteiger partial charge is 0.462 e.